The molecule has 1 aliphatic rings. The molecule has 0 spiro atoms. The molecule has 2 rings (SSSR count). The Labute approximate surface area is 106 Å². The van der Waals surface area contributed by atoms with Gasteiger partial charge in [-0.2, -0.15) is 0 Å². The van der Waals surface area contributed by atoms with Crippen molar-refractivity contribution in [3.8, 4) is 5.75 Å². The number of nitrogens with one attached hydrogen (secondary N) is 1. The van der Waals surface area contributed by atoms with Crippen LogP contribution in [0.2, 0.25) is 0 Å². The Kier molecular flexibility index (Phi) is 3.85. The number of rotatable bonds is 5. The summed E-state index contributed by atoms with van der Waals surface area (Å²) in [6.45, 7) is 4.55. The highest BCUT2D eigenvalue weighted by Crippen LogP contribution is 2.37. The molecule has 0 saturated heterocycles. The summed E-state index contributed by atoms with van der Waals surface area (Å²) >= 11 is 0. The van der Waals surface area contributed by atoms with Crippen LogP contribution in [-0.4, -0.2) is 18.1 Å². The molecule has 4 heteroatoms. The van der Waals surface area contributed by atoms with Crippen molar-refractivity contribution in [1.29, 1.82) is 0 Å². The molecule has 0 amide bonds. The van der Waals surface area contributed by atoms with Gasteiger partial charge in [-0.3, -0.25) is 0 Å². The van der Waals surface area contributed by atoms with Crippen molar-refractivity contribution in [1.82, 2.24) is 5.32 Å². The second-order valence-electron chi connectivity index (χ2n) is 5.16. The average Bonchev–Trinajstić information content (AvgIpc) is 2.23. The summed E-state index contributed by atoms with van der Waals surface area (Å²) in [4.78, 5) is 0. The van der Waals surface area contributed by atoms with Crippen LogP contribution in [0.5, 0.6) is 5.75 Å². The van der Waals surface area contributed by atoms with Crippen LogP contribution in [0, 0.1) is 0 Å². The molecule has 0 radical (unpaired) electrons. The third kappa shape index (κ3) is 3.67. The van der Waals surface area contributed by atoms with Crippen LogP contribution in [0.4, 0.5) is 8.78 Å². The van der Waals surface area contributed by atoms with Gasteiger partial charge in [-0.25, -0.2) is 8.78 Å². The van der Waals surface area contributed by atoms with E-state index in [2.05, 4.69) is 5.32 Å². The Bertz CT molecular complexity index is 399. The zero-order chi connectivity index (χ0) is 13.2. The molecule has 1 fully saturated rings. The van der Waals surface area contributed by atoms with E-state index in [1.54, 1.807) is 0 Å². The van der Waals surface area contributed by atoms with Crippen molar-refractivity contribution >= 4 is 0 Å². The summed E-state index contributed by atoms with van der Waals surface area (Å²) in [7, 11) is 0. The zero-order valence-corrected chi connectivity index (χ0v) is 10.7. The summed E-state index contributed by atoms with van der Waals surface area (Å²) < 4.78 is 30.9. The maximum Gasteiger partial charge on any atom is 0.251 e. The minimum Gasteiger partial charge on any atom is -0.491 e. The summed E-state index contributed by atoms with van der Waals surface area (Å²) in [6.07, 6.45) is 0.0446. The Morgan fingerprint density at radius 2 is 2.11 bits per heavy atom. The second kappa shape index (κ2) is 5.22. The molecule has 0 aliphatic heterocycles. The average molecular weight is 255 g/mol. The van der Waals surface area contributed by atoms with Gasteiger partial charge in [0.1, 0.15) is 5.75 Å². The number of halogens is 2. The highest BCUT2D eigenvalue weighted by Gasteiger charge is 2.44. The van der Waals surface area contributed by atoms with E-state index in [0.29, 0.717) is 6.54 Å². The van der Waals surface area contributed by atoms with Crippen LogP contribution in [-0.2, 0) is 6.54 Å². The maximum atomic E-state index is 12.7. The largest absolute Gasteiger partial charge is 0.491 e. The lowest BCUT2D eigenvalue weighted by Crippen LogP contribution is -2.48. The first-order valence-corrected chi connectivity index (χ1v) is 6.31. The van der Waals surface area contributed by atoms with E-state index < -0.39 is 5.92 Å². The van der Waals surface area contributed by atoms with E-state index in [1.807, 2.05) is 38.1 Å². The monoisotopic (exact) mass is 255 g/mol. The molecule has 1 aliphatic carbocycles. The Hall–Kier alpha value is -1.16. The summed E-state index contributed by atoms with van der Waals surface area (Å²) in [5.41, 5.74) is 1.06. The molecule has 0 aromatic heterocycles. The van der Waals surface area contributed by atoms with Crippen LogP contribution in [0.15, 0.2) is 24.3 Å². The van der Waals surface area contributed by atoms with Gasteiger partial charge in [-0.15, -0.1) is 0 Å². The smallest absolute Gasteiger partial charge is 0.251 e. The quantitative estimate of drug-likeness (QED) is 0.871. The van der Waals surface area contributed by atoms with E-state index in [4.69, 9.17) is 4.74 Å². The molecule has 100 valence electrons. The van der Waals surface area contributed by atoms with Gasteiger partial charge in [0.2, 0.25) is 0 Å². The van der Waals surface area contributed by atoms with Crippen molar-refractivity contribution < 1.29 is 13.5 Å². The molecule has 0 atom stereocenters. The molecule has 1 aromatic rings. The van der Waals surface area contributed by atoms with Gasteiger partial charge in [0.15, 0.2) is 0 Å². The number of benzene rings is 1. The van der Waals surface area contributed by atoms with Crippen LogP contribution >= 0.6 is 0 Å². The van der Waals surface area contributed by atoms with Crippen molar-refractivity contribution in [3.63, 3.8) is 0 Å². The van der Waals surface area contributed by atoms with E-state index in [0.717, 1.165) is 11.3 Å². The molecule has 1 saturated carbocycles. The second-order valence-corrected chi connectivity index (χ2v) is 5.16. The molecule has 0 unspecified atom stereocenters. The van der Waals surface area contributed by atoms with E-state index in [-0.39, 0.29) is 25.0 Å². The summed E-state index contributed by atoms with van der Waals surface area (Å²) in [6, 6.07) is 7.68. The molecule has 18 heavy (non-hydrogen) atoms. The first-order chi connectivity index (χ1) is 8.44. The molecule has 2 nitrogen and oxygen atoms in total. The third-order valence-electron chi connectivity index (χ3n) is 2.96. The van der Waals surface area contributed by atoms with Gasteiger partial charge in [0.25, 0.3) is 5.92 Å². The number of hydrogen-bond acceptors (Lipinski definition) is 2. The van der Waals surface area contributed by atoms with Crippen molar-refractivity contribution in [3.05, 3.63) is 29.8 Å². The topological polar surface area (TPSA) is 21.3 Å². The van der Waals surface area contributed by atoms with Gasteiger partial charge in [-0.05, 0) is 31.5 Å². The molecule has 1 N–H and O–H groups in total. The van der Waals surface area contributed by atoms with Crippen LogP contribution in [0.25, 0.3) is 0 Å². The fourth-order valence-corrected chi connectivity index (χ4v) is 2.07. The number of ether oxygens (including phenoxy) is 1. The first-order valence-electron chi connectivity index (χ1n) is 6.31. The van der Waals surface area contributed by atoms with E-state index >= 15 is 0 Å². The van der Waals surface area contributed by atoms with Gasteiger partial charge >= 0.3 is 0 Å². The normalized spacial score (nSPS) is 18.7. The Morgan fingerprint density at radius 1 is 1.39 bits per heavy atom. The van der Waals surface area contributed by atoms with Crippen LogP contribution < -0.4 is 10.1 Å². The standard InChI is InChI=1S/C14H19F2NO/c1-10(2)18-13-5-3-4-11(6-13)9-17-12-7-14(15,16)8-12/h3-6,10,12,17H,7-9H2,1-2H3. The summed E-state index contributed by atoms with van der Waals surface area (Å²) in [5, 5.41) is 3.14. The minimum atomic E-state index is -2.46. The number of alkyl halides is 2. The SMILES string of the molecule is CC(C)Oc1cccc(CNC2CC(F)(F)C2)c1. The fraction of sp³-hybridized carbons (Fsp3) is 0.571. The lowest BCUT2D eigenvalue weighted by atomic mass is 9.88. The third-order valence-corrected chi connectivity index (χ3v) is 2.96. The van der Waals surface area contributed by atoms with Gasteiger partial charge in [-0.1, -0.05) is 12.1 Å². The minimum absolute atomic E-state index is 0.0464. The van der Waals surface area contributed by atoms with Crippen molar-refractivity contribution in [2.75, 3.05) is 0 Å². The first kappa shape index (κ1) is 13.3. The molecular formula is C14H19F2NO. The molecule has 0 bridgehead atoms. The van der Waals surface area contributed by atoms with E-state index in [9.17, 15) is 8.78 Å². The molecule has 1 aromatic carbocycles. The highest BCUT2D eigenvalue weighted by molar-refractivity contribution is 5.28. The maximum absolute atomic E-state index is 12.7. The molecular weight excluding hydrogens is 236 g/mol. The van der Waals surface area contributed by atoms with Crippen molar-refractivity contribution in [2.45, 2.75) is 51.3 Å². The Morgan fingerprint density at radius 3 is 2.72 bits per heavy atom. The zero-order valence-electron chi connectivity index (χ0n) is 10.7. The lowest BCUT2D eigenvalue weighted by Gasteiger charge is -2.35. The summed E-state index contributed by atoms with van der Waals surface area (Å²) in [5.74, 6) is -1.64. The van der Waals surface area contributed by atoms with Crippen molar-refractivity contribution in [2.24, 2.45) is 0 Å². The predicted octanol–water partition coefficient (Wildman–Crippen LogP) is 3.36. The lowest BCUT2D eigenvalue weighted by molar-refractivity contribution is -0.0930. The van der Waals surface area contributed by atoms with Gasteiger partial charge in [0.05, 0.1) is 6.10 Å². The van der Waals surface area contributed by atoms with Gasteiger partial charge in [0, 0.05) is 25.4 Å². The van der Waals surface area contributed by atoms with Crippen LogP contribution in [0.3, 0.4) is 0 Å². The Balaban J connectivity index is 1.82. The van der Waals surface area contributed by atoms with E-state index in [1.165, 1.54) is 0 Å². The van der Waals surface area contributed by atoms with Crippen LogP contribution in [0.1, 0.15) is 32.3 Å². The fourth-order valence-electron chi connectivity index (χ4n) is 2.07. The highest BCUT2D eigenvalue weighted by atomic mass is 19.3. The predicted molar refractivity (Wildman–Crippen MR) is 67.0 cm³/mol. The number of hydrogen-bond donors (Lipinski definition) is 1. The van der Waals surface area contributed by atoms with Gasteiger partial charge < -0.3 is 10.1 Å². The molecule has 0 heterocycles.